The van der Waals surface area contributed by atoms with Crippen molar-refractivity contribution in [2.45, 2.75) is 27.2 Å². The summed E-state index contributed by atoms with van der Waals surface area (Å²) in [6.45, 7) is 6.64. The highest BCUT2D eigenvalue weighted by Gasteiger charge is 2.22. The van der Waals surface area contributed by atoms with E-state index in [2.05, 4.69) is 114 Å². The summed E-state index contributed by atoms with van der Waals surface area (Å²) >= 11 is 0. The predicted molar refractivity (Wildman–Crippen MR) is 124 cm³/mol. The molecule has 0 atom stereocenters. The van der Waals surface area contributed by atoms with Crippen LogP contribution < -0.4 is 4.57 Å². The first-order valence-electron chi connectivity index (χ1n) is 10.6. The Balaban J connectivity index is 0.000000393. The molecule has 2 aromatic carbocycles. The minimum atomic E-state index is 0.884. The molecule has 4 heteroatoms. The van der Waals surface area contributed by atoms with Crippen molar-refractivity contribution in [1.29, 1.82) is 0 Å². The number of fused-ring (bicyclic) bond motifs is 3. The van der Waals surface area contributed by atoms with Crippen LogP contribution in [-0.2, 0) is 7.05 Å². The molecule has 3 heterocycles. The maximum atomic E-state index is 4.62. The van der Waals surface area contributed by atoms with Gasteiger partial charge in [-0.1, -0.05) is 63.6 Å². The Labute approximate surface area is 178 Å². The van der Waals surface area contributed by atoms with Crippen LogP contribution in [0.4, 0.5) is 0 Å². The quantitative estimate of drug-likeness (QED) is 0.351. The van der Waals surface area contributed by atoms with Crippen molar-refractivity contribution in [2.75, 3.05) is 0 Å². The third kappa shape index (κ3) is 3.61. The third-order valence-corrected chi connectivity index (χ3v) is 5.45. The molecule has 30 heavy (non-hydrogen) atoms. The van der Waals surface area contributed by atoms with E-state index in [1.807, 2.05) is 18.3 Å². The predicted octanol–water partition coefficient (Wildman–Crippen LogP) is 5.85. The number of pyridine rings is 1. The van der Waals surface area contributed by atoms with E-state index < -0.39 is 0 Å². The third-order valence-electron chi connectivity index (χ3n) is 5.45. The summed E-state index contributed by atoms with van der Waals surface area (Å²) in [4.78, 5) is 4.62. The van der Waals surface area contributed by atoms with Crippen LogP contribution in [-0.4, -0.2) is 14.3 Å². The van der Waals surface area contributed by atoms with Gasteiger partial charge in [-0.05, 0) is 36.2 Å². The lowest BCUT2D eigenvalue weighted by molar-refractivity contribution is -0.659. The van der Waals surface area contributed by atoms with Gasteiger partial charge < -0.3 is 0 Å². The zero-order valence-electron chi connectivity index (χ0n) is 18.2. The minimum absolute atomic E-state index is 0.884. The molecule has 5 aromatic rings. The van der Waals surface area contributed by atoms with Crippen molar-refractivity contribution in [3.05, 3.63) is 85.3 Å². The Hall–Kier alpha value is -3.40. The van der Waals surface area contributed by atoms with E-state index in [0.717, 1.165) is 33.7 Å². The van der Waals surface area contributed by atoms with E-state index in [1.165, 1.54) is 12.0 Å². The van der Waals surface area contributed by atoms with E-state index in [9.17, 15) is 0 Å². The van der Waals surface area contributed by atoms with Crippen LogP contribution in [0, 0.1) is 5.92 Å². The highest BCUT2D eigenvalue weighted by Crippen LogP contribution is 2.28. The van der Waals surface area contributed by atoms with Crippen molar-refractivity contribution in [3.63, 3.8) is 0 Å². The molecule has 3 aromatic heterocycles. The van der Waals surface area contributed by atoms with E-state index in [-0.39, 0.29) is 0 Å². The fourth-order valence-electron chi connectivity index (χ4n) is 3.55. The number of hydrogen-bond donors (Lipinski definition) is 0. The Kier molecular flexibility index (Phi) is 5.66. The van der Waals surface area contributed by atoms with Crippen molar-refractivity contribution in [2.24, 2.45) is 13.0 Å². The summed E-state index contributed by atoms with van der Waals surface area (Å²) in [7, 11) is 2.07. The van der Waals surface area contributed by atoms with E-state index in [0.29, 0.717) is 0 Å². The average Bonchev–Trinajstić information content (AvgIpc) is 3.32. The molecular weight excluding hydrogens is 368 g/mol. The molecule has 5 rings (SSSR count). The first kappa shape index (κ1) is 19.9. The summed E-state index contributed by atoms with van der Waals surface area (Å²) in [5.41, 5.74) is 4.43. The fraction of sp³-hybridized carbons (Fsp3) is 0.231. The van der Waals surface area contributed by atoms with Crippen molar-refractivity contribution < 1.29 is 4.57 Å². The highest BCUT2D eigenvalue weighted by molar-refractivity contribution is 6.05. The molecule has 0 bridgehead atoms. The van der Waals surface area contributed by atoms with Gasteiger partial charge in [-0.2, -0.15) is 4.68 Å². The van der Waals surface area contributed by atoms with Crippen LogP contribution in [0.3, 0.4) is 0 Å². The molecule has 0 unspecified atom stereocenters. The standard InChI is InChI=1S/C21H17N4.C5H12/c1-23-14-15-24(21(23)16-8-3-2-4-9-16)25-18-11-6-5-10-17(18)20-19(25)12-7-13-22-20;1-4-5(2)3/h2-15H,1H3;5H,4H2,1-3H3/q+1;. The van der Waals surface area contributed by atoms with Gasteiger partial charge in [0, 0.05) is 11.6 Å². The Bertz CT molecular complexity index is 1210. The van der Waals surface area contributed by atoms with Gasteiger partial charge in [0.15, 0.2) is 6.20 Å². The normalized spacial score (nSPS) is 11.1. The SMILES string of the molecule is CCC(C)C.C[n+]1ccn(-n2c3ccccc3c3ncccc32)c1-c1ccccc1. The smallest absolute Gasteiger partial charge is 0.254 e. The molecule has 0 N–H and O–H groups in total. The molecule has 0 aliphatic heterocycles. The van der Waals surface area contributed by atoms with Crippen LogP contribution in [0.25, 0.3) is 33.3 Å². The van der Waals surface area contributed by atoms with Crippen LogP contribution >= 0.6 is 0 Å². The Morgan fingerprint density at radius 1 is 0.900 bits per heavy atom. The lowest BCUT2D eigenvalue weighted by Gasteiger charge is -2.06. The number of aromatic nitrogens is 4. The average molecular weight is 398 g/mol. The van der Waals surface area contributed by atoms with Gasteiger partial charge in [0.05, 0.1) is 23.6 Å². The van der Waals surface area contributed by atoms with Crippen molar-refractivity contribution in [1.82, 2.24) is 14.3 Å². The molecule has 152 valence electrons. The number of aryl methyl sites for hydroxylation is 1. The minimum Gasteiger partial charge on any atom is -0.254 e. The molecule has 0 aliphatic carbocycles. The summed E-state index contributed by atoms with van der Waals surface area (Å²) in [6, 6.07) is 23.0. The van der Waals surface area contributed by atoms with Crippen LogP contribution in [0.1, 0.15) is 27.2 Å². The van der Waals surface area contributed by atoms with Gasteiger partial charge in [-0.3, -0.25) is 4.98 Å². The molecule has 4 nitrogen and oxygen atoms in total. The molecule has 0 aliphatic rings. The number of hydrogen-bond acceptors (Lipinski definition) is 1. The van der Waals surface area contributed by atoms with Crippen LogP contribution in [0.5, 0.6) is 0 Å². The molecule has 0 radical (unpaired) electrons. The molecule has 0 spiro atoms. The zero-order valence-corrected chi connectivity index (χ0v) is 18.2. The fourth-order valence-corrected chi connectivity index (χ4v) is 3.55. The summed E-state index contributed by atoms with van der Waals surface area (Å²) in [6.07, 6.45) is 7.34. The summed E-state index contributed by atoms with van der Waals surface area (Å²) in [5.74, 6) is 2.00. The van der Waals surface area contributed by atoms with Gasteiger partial charge in [0.2, 0.25) is 0 Å². The highest BCUT2D eigenvalue weighted by atomic mass is 15.5. The zero-order chi connectivity index (χ0) is 21.1. The maximum Gasteiger partial charge on any atom is 0.312 e. The van der Waals surface area contributed by atoms with Gasteiger partial charge >= 0.3 is 5.82 Å². The number of rotatable bonds is 3. The lowest BCUT2D eigenvalue weighted by atomic mass is 10.2. The van der Waals surface area contributed by atoms with Crippen molar-refractivity contribution in [3.8, 4) is 11.4 Å². The lowest BCUT2D eigenvalue weighted by Crippen LogP contribution is -2.30. The molecule has 0 fully saturated rings. The van der Waals surface area contributed by atoms with Crippen LogP contribution in [0.15, 0.2) is 85.3 Å². The first-order valence-corrected chi connectivity index (χ1v) is 10.6. The van der Waals surface area contributed by atoms with E-state index in [1.54, 1.807) is 0 Å². The number of para-hydroxylation sites is 1. The molecule has 0 saturated carbocycles. The number of nitrogens with zero attached hydrogens (tertiary/aromatic N) is 4. The summed E-state index contributed by atoms with van der Waals surface area (Å²) < 4.78 is 6.58. The van der Waals surface area contributed by atoms with Gasteiger partial charge in [0.25, 0.3) is 0 Å². The second-order valence-corrected chi connectivity index (χ2v) is 7.95. The monoisotopic (exact) mass is 397 g/mol. The van der Waals surface area contributed by atoms with E-state index >= 15 is 0 Å². The van der Waals surface area contributed by atoms with Crippen molar-refractivity contribution >= 4 is 21.9 Å². The second kappa shape index (κ2) is 8.54. The molecule has 0 saturated heterocycles. The largest absolute Gasteiger partial charge is 0.312 e. The molecular formula is C26H29N4+. The van der Waals surface area contributed by atoms with E-state index in [4.69, 9.17) is 0 Å². The number of benzene rings is 2. The first-order chi connectivity index (χ1) is 14.6. The van der Waals surface area contributed by atoms with Crippen LogP contribution in [0.2, 0.25) is 0 Å². The van der Waals surface area contributed by atoms with Gasteiger partial charge in [0.1, 0.15) is 11.7 Å². The Morgan fingerprint density at radius 3 is 2.30 bits per heavy atom. The Morgan fingerprint density at radius 2 is 1.57 bits per heavy atom. The second-order valence-electron chi connectivity index (χ2n) is 7.95. The van der Waals surface area contributed by atoms with Gasteiger partial charge in [-0.15, -0.1) is 4.68 Å². The summed E-state index contributed by atoms with van der Waals surface area (Å²) in [5, 5.41) is 1.16. The number of imidazole rings is 1. The van der Waals surface area contributed by atoms with Gasteiger partial charge in [-0.25, -0.2) is 4.57 Å². The maximum absolute atomic E-state index is 4.62. The molecule has 0 amide bonds. The topological polar surface area (TPSA) is 26.6 Å².